The molecular formula is C25H26N2O3. The third-order valence-electron chi connectivity index (χ3n) is 5.28. The lowest BCUT2D eigenvalue weighted by molar-refractivity contribution is -0.122. The summed E-state index contributed by atoms with van der Waals surface area (Å²) < 4.78 is 5.84. The number of carbonyl (C=O) groups excluding carboxylic acids is 1. The van der Waals surface area contributed by atoms with Gasteiger partial charge in [0.1, 0.15) is 12.4 Å². The lowest BCUT2D eigenvalue weighted by Gasteiger charge is -2.40. The van der Waals surface area contributed by atoms with Gasteiger partial charge in [-0.05, 0) is 35.4 Å². The van der Waals surface area contributed by atoms with E-state index in [1.807, 2.05) is 72.8 Å². The molecule has 0 saturated carbocycles. The molecule has 1 saturated heterocycles. The Balaban J connectivity index is 1.40. The van der Waals surface area contributed by atoms with Gasteiger partial charge in [-0.25, -0.2) is 0 Å². The molecule has 30 heavy (non-hydrogen) atoms. The number of anilines is 1. The van der Waals surface area contributed by atoms with Crippen molar-refractivity contribution in [3.8, 4) is 5.75 Å². The first-order chi connectivity index (χ1) is 14.7. The number of ether oxygens (including phenoxy) is 1. The van der Waals surface area contributed by atoms with Gasteiger partial charge < -0.3 is 14.7 Å². The van der Waals surface area contributed by atoms with Gasteiger partial charge in [0.15, 0.2) is 0 Å². The molecule has 3 aromatic carbocycles. The largest absolute Gasteiger partial charge is 0.489 e. The summed E-state index contributed by atoms with van der Waals surface area (Å²) in [6.45, 7) is 2.07. The van der Waals surface area contributed by atoms with Crippen LogP contribution in [-0.2, 0) is 17.9 Å². The minimum absolute atomic E-state index is 0.00538. The first-order valence-corrected chi connectivity index (χ1v) is 10.2. The maximum Gasteiger partial charge on any atom is 0.241 e. The summed E-state index contributed by atoms with van der Waals surface area (Å²) in [5.74, 6) is 0.743. The lowest BCUT2D eigenvalue weighted by Crippen LogP contribution is -2.57. The summed E-state index contributed by atoms with van der Waals surface area (Å²) in [5.41, 5.74) is 3.05. The van der Waals surface area contributed by atoms with E-state index in [-0.39, 0.29) is 18.6 Å². The maximum absolute atomic E-state index is 12.9. The van der Waals surface area contributed by atoms with Crippen molar-refractivity contribution in [2.45, 2.75) is 19.2 Å². The Labute approximate surface area is 177 Å². The highest BCUT2D eigenvalue weighted by Crippen LogP contribution is 2.25. The average Bonchev–Trinajstić information content (AvgIpc) is 2.79. The fourth-order valence-electron chi connectivity index (χ4n) is 3.82. The van der Waals surface area contributed by atoms with Gasteiger partial charge in [0, 0.05) is 18.8 Å². The molecule has 154 valence electrons. The fraction of sp³-hybridized carbons (Fsp3) is 0.240. The molecule has 4 rings (SSSR count). The number of nitrogens with zero attached hydrogens (tertiary/aromatic N) is 2. The van der Waals surface area contributed by atoms with Crippen LogP contribution in [0.2, 0.25) is 0 Å². The number of amides is 1. The standard InChI is InChI=1S/C25H26N2O3/c28-18-23-16-26(15-20-7-3-1-4-8-20)17-25(29)27(23)22-11-13-24(14-12-22)30-19-21-9-5-2-6-10-21/h1-14,23,28H,15-19H2. The van der Waals surface area contributed by atoms with Gasteiger partial charge in [-0.15, -0.1) is 0 Å². The number of piperazine rings is 1. The van der Waals surface area contributed by atoms with Crippen LogP contribution in [0.15, 0.2) is 84.9 Å². The lowest BCUT2D eigenvalue weighted by atomic mass is 10.1. The van der Waals surface area contributed by atoms with Gasteiger partial charge in [0.25, 0.3) is 0 Å². The van der Waals surface area contributed by atoms with Gasteiger partial charge in [0.05, 0.1) is 19.2 Å². The number of benzene rings is 3. The molecule has 0 spiro atoms. The zero-order valence-electron chi connectivity index (χ0n) is 16.9. The zero-order chi connectivity index (χ0) is 20.8. The molecule has 3 aromatic rings. The van der Waals surface area contributed by atoms with Crippen molar-refractivity contribution in [1.82, 2.24) is 4.90 Å². The van der Waals surface area contributed by atoms with Crippen LogP contribution in [0.25, 0.3) is 0 Å². The Morgan fingerprint density at radius 3 is 2.13 bits per heavy atom. The number of carbonyl (C=O) groups is 1. The van der Waals surface area contributed by atoms with Crippen molar-refractivity contribution < 1.29 is 14.6 Å². The summed E-state index contributed by atoms with van der Waals surface area (Å²) in [5, 5.41) is 9.94. The molecule has 5 nitrogen and oxygen atoms in total. The first-order valence-electron chi connectivity index (χ1n) is 10.2. The molecule has 0 radical (unpaired) electrons. The van der Waals surface area contributed by atoms with Crippen molar-refractivity contribution in [3.63, 3.8) is 0 Å². The maximum atomic E-state index is 12.9. The molecule has 1 unspecified atom stereocenters. The van der Waals surface area contributed by atoms with Crippen molar-refractivity contribution in [2.24, 2.45) is 0 Å². The van der Waals surface area contributed by atoms with E-state index in [2.05, 4.69) is 17.0 Å². The molecule has 1 fully saturated rings. The van der Waals surface area contributed by atoms with E-state index in [9.17, 15) is 9.90 Å². The molecule has 0 bridgehead atoms. The highest BCUT2D eigenvalue weighted by atomic mass is 16.5. The van der Waals surface area contributed by atoms with Crippen LogP contribution in [0, 0.1) is 0 Å². The predicted molar refractivity (Wildman–Crippen MR) is 117 cm³/mol. The van der Waals surface area contributed by atoms with E-state index in [1.54, 1.807) is 4.90 Å². The van der Waals surface area contributed by atoms with Gasteiger partial charge in [-0.2, -0.15) is 0 Å². The van der Waals surface area contributed by atoms with Gasteiger partial charge in [-0.1, -0.05) is 60.7 Å². The summed E-state index contributed by atoms with van der Waals surface area (Å²) >= 11 is 0. The molecule has 1 atom stereocenters. The second-order valence-corrected chi connectivity index (χ2v) is 7.52. The van der Waals surface area contributed by atoms with Crippen LogP contribution >= 0.6 is 0 Å². The van der Waals surface area contributed by atoms with E-state index in [0.717, 1.165) is 22.6 Å². The number of aliphatic hydroxyl groups excluding tert-OH is 1. The van der Waals surface area contributed by atoms with Gasteiger partial charge in [0.2, 0.25) is 5.91 Å². The van der Waals surface area contributed by atoms with E-state index in [1.165, 1.54) is 0 Å². The van der Waals surface area contributed by atoms with E-state index >= 15 is 0 Å². The number of aliphatic hydroxyl groups is 1. The minimum atomic E-state index is -0.272. The SMILES string of the molecule is O=C1CN(Cc2ccccc2)CC(CO)N1c1ccc(OCc2ccccc2)cc1. The van der Waals surface area contributed by atoms with Gasteiger partial charge in [-0.3, -0.25) is 9.69 Å². The van der Waals surface area contributed by atoms with Gasteiger partial charge >= 0.3 is 0 Å². The fourth-order valence-corrected chi connectivity index (χ4v) is 3.82. The van der Waals surface area contributed by atoms with Crippen LogP contribution in [0.4, 0.5) is 5.69 Å². The summed E-state index contributed by atoms with van der Waals surface area (Å²) in [6, 6.07) is 27.3. The molecule has 0 aromatic heterocycles. The second-order valence-electron chi connectivity index (χ2n) is 7.52. The van der Waals surface area contributed by atoms with Crippen molar-refractivity contribution in [2.75, 3.05) is 24.6 Å². The number of rotatable bonds is 7. The molecule has 1 aliphatic heterocycles. The first kappa shape index (κ1) is 20.1. The quantitative estimate of drug-likeness (QED) is 0.658. The molecule has 1 amide bonds. The number of hydrogen-bond acceptors (Lipinski definition) is 4. The Hall–Kier alpha value is -3.15. The van der Waals surface area contributed by atoms with Crippen LogP contribution in [0.3, 0.4) is 0 Å². The predicted octanol–water partition coefficient (Wildman–Crippen LogP) is 3.48. The molecular weight excluding hydrogens is 376 g/mol. The molecule has 1 N–H and O–H groups in total. The highest BCUT2D eigenvalue weighted by molar-refractivity contribution is 5.96. The Kier molecular flexibility index (Phi) is 6.42. The van der Waals surface area contributed by atoms with E-state index < -0.39 is 0 Å². The van der Waals surface area contributed by atoms with E-state index in [4.69, 9.17) is 4.74 Å². The second kappa shape index (κ2) is 9.57. The molecule has 5 heteroatoms. The topological polar surface area (TPSA) is 53.0 Å². The van der Waals surface area contributed by atoms with Crippen LogP contribution in [-0.4, -0.2) is 41.7 Å². The van der Waals surface area contributed by atoms with Crippen LogP contribution < -0.4 is 9.64 Å². The average molecular weight is 402 g/mol. The highest BCUT2D eigenvalue weighted by Gasteiger charge is 2.33. The van der Waals surface area contributed by atoms with Crippen LogP contribution in [0.1, 0.15) is 11.1 Å². The van der Waals surface area contributed by atoms with Crippen molar-refractivity contribution >= 4 is 11.6 Å². The minimum Gasteiger partial charge on any atom is -0.489 e. The summed E-state index contributed by atoms with van der Waals surface area (Å²) in [7, 11) is 0. The van der Waals surface area contributed by atoms with Crippen molar-refractivity contribution in [1.29, 1.82) is 0 Å². The molecule has 1 heterocycles. The smallest absolute Gasteiger partial charge is 0.241 e. The molecule has 1 aliphatic rings. The van der Waals surface area contributed by atoms with E-state index in [0.29, 0.717) is 26.2 Å². The summed E-state index contributed by atoms with van der Waals surface area (Å²) in [4.78, 5) is 16.7. The third kappa shape index (κ3) is 4.87. The monoisotopic (exact) mass is 402 g/mol. The third-order valence-corrected chi connectivity index (χ3v) is 5.28. The molecule has 0 aliphatic carbocycles. The Morgan fingerprint density at radius 1 is 0.867 bits per heavy atom. The van der Waals surface area contributed by atoms with Crippen LogP contribution in [0.5, 0.6) is 5.75 Å². The Bertz CT molecular complexity index is 945. The normalized spacial score (nSPS) is 17.2. The number of hydrogen-bond donors (Lipinski definition) is 1. The summed E-state index contributed by atoms with van der Waals surface area (Å²) in [6.07, 6.45) is 0. The van der Waals surface area contributed by atoms with Crippen molar-refractivity contribution in [3.05, 3.63) is 96.1 Å². The zero-order valence-corrected chi connectivity index (χ0v) is 16.9. The Morgan fingerprint density at radius 2 is 1.50 bits per heavy atom.